The molecule has 2 heterocycles. The Morgan fingerprint density at radius 2 is 1.73 bits per heavy atom. The number of ether oxygens (including phenoxy) is 1. The van der Waals surface area contributed by atoms with Crippen LogP contribution in [0.25, 0.3) is 0 Å². The van der Waals surface area contributed by atoms with E-state index in [0.29, 0.717) is 12.4 Å². The van der Waals surface area contributed by atoms with Gasteiger partial charge in [0, 0.05) is 9.79 Å². The second-order valence-corrected chi connectivity index (χ2v) is 8.84. The Balaban J connectivity index is 1.24. The molecule has 0 saturated heterocycles. The van der Waals surface area contributed by atoms with E-state index in [1.165, 1.54) is 9.79 Å². The number of nitrogens with two attached hydrogens (primary N) is 1. The first-order chi connectivity index (χ1) is 14.7. The molecule has 4 aromatic rings. The minimum atomic E-state index is 0.498. The Hall–Kier alpha value is -3.22. The van der Waals surface area contributed by atoms with Gasteiger partial charge in [-0.15, -0.1) is 11.3 Å². The molecule has 0 unspecified atom stereocenters. The van der Waals surface area contributed by atoms with Crippen molar-refractivity contribution in [1.82, 2.24) is 0 Å². The summed E-state index contributed by atoms with van der Waals surface area (Å²) in [6.45, 7) is 0.498. The monoisotopic (exact) mass is 429 g/mol. The summed E-state index contributed by atoms with van der Waals surface area (Å²) >= 11 is 3.34. The number of nitrogens with zero attached hydrogens (tertiary/aromatic N) is 1. The van der Waals surface area contributed by atoms with Gasteiger partial charge < -0.3 is 15.8 Å². The van der Waals surface area contributed by atoms with Gasteiger partial charge in [0.25, 0.3) is 0 Å². The highest BCUT2D eigenvalue weighted by atomic mass is 32.2. The zero-order chi connectivity index (χ0) is 20.3. The van der Waals surface area contributed by atoms with Gasteiger partial charge in [-0.05, 0) is 59.5 Å². The molecule has 0 radical (unpaired) electrons. The number of aliphatic imine (C=N–C) groups is 1. The number of anilines is 2. The summed E-state index contributed by atoms with van der Waals surface area (Å²) in [7, 11) is 0. The largest absolute Gasteiger partial charge is 0.489 e. The van der Waals surface area contributed by atoms with Crippen LogP contribution in [0.3, 0.4) is 0 Å². The summed E-state index contributed by atoms with van der Waals surface area (Å²) in [5, 5.41) is 5.47. The van der Waals surface area contributed by atoms with Crippen molar-refractivity contribution in [3.05, 3.63) is 94.7 Å². The number of fused-ring (bicyclic) bond motifs is 2. The molecule has 0 bridgehead atoms. The Morgan fingerprint density at radius 3 is 2.57 bits per heavy atom. The summed E-state index contributed by atoms with van der Waals surface area (Å²) in [6.07, 6.45) is 0. The molecule has 1 aliphatic rings. The summed E-state index contributed by atoms with van der Waals surface area (Å²) in [5.74, 6) is 1.39. The number of thiophene rings is 1. The molecule has 0 fully saturated rings. The van der Waals surface area contributed by atoms with E-state index >= 15 is 0 Å². The fourth-order valence-corrected chi connectivity index (χ4v) is 4.80. The molecule has 0 saturated carbocycles. The maximum atomic E-state index is 6.06. The summed E-state index contributed by atoms with van der Waals surface area (Å²) in [5.41, 5.74) is 10.2. The van der Waals surface area contributed by atoms with Gasteiger partial charge in [0.1, 0.15) is 18.2 Å². The number of para-hydroxylation sites is 1. The standard InChI is InChI=1S/C24H19N3OS2/c25-24(22-6-3-13-29-22)26-17-9-7-16(8-10-17)15-28-18-11-12-20-23(14-18)30-21-5-2-1-4-19(21)27-20/h1-14,27H,15H2,(H2,25,26). The van der Waals surface area contributed by atoms with Gasteiger partial charge in [0.05, 0.1) is 21.9 Å². The highest BCUT2D eigenvalue weighted by Crippen LogP contribution is 2.45. The molecule has 148 valence electrons. The zero-order valence-corrected chi connectivity index (χ0v) is 17.7. The SMILES string of the molecule is NC(=Nc1ccc(COc2ccc3c(c2)Sc2ccccc2N3)cc1)c1cccs1. The normalized spacial score (nSPS) is 12.6. The molecule has 1 aliphatic heterocycles. The van der Waals surface area contributed by atoms with Crippen LogP contribution < -0.4 is 15.8 Å². The Kier molecular flexibility index (Phi) is 5.17. The summed E-state index contributed by atoms with van der Waals surface area (Å²) in [4.78, 5) is 7.85. The molecule has 4 nitrogen and oxygen atoms in total. The van der Waals surface area contributed by atoms with Crippen LogP contribution in [0, 0.1) is 0 Å². The lowest BCUT2D eigenvalue weighted by molar-refractivity contribution is 0.305. The Morgan fingerprint density at radius 1 is 0.900 bits per heavy atom. The quantitative estimate of drug-likeness (QED) is 0.245. The predicted octanol–water partition coefficient (Wildman–Crippen LogP) is 6.57. The van der Waals surface area contributed by atoms with Crippen LogP contribution in [0.5, 0.6) is 5.75 Å². The van der Waals surface area contributed by atoms with Gasteiger partial charge in [-0.1, -0.05) is 42.1 Å². The maximum absolute atomic E-state index is 6.06. The number of hydrogen-bond acceptors (Lipinski definition) is 5. The third-order valence-electron chi connectivity index (χ3n) is 4.69. The molecule has 0 atom stereocenters. The molecule has 1 aromatic heterocycles. The van der Waals surface area contributed by atoms with E-state index in [0.717, 1.165) is 33.3 Å². The highest BCUT2D eigenvalue weighted by Gasteiger charge is 2.15. The van der Waals surface area contributed by atoms with E-state index in [4.69, 9.17) is 10.5 Å². The van der Waals surface area contributed by atoms with Crippen LogP contribution in [-0.4, -0.2) is 5.84 Å². The molecule has 5 rings (SSSR count). The zero-order valence-electron chi connectivity index (χ0n) is 16.0. The van der Waals surface area contributed by atoms with Crippen molar-refractivity contribution in [2.45, 2.75) is 16.4 Å². The second kappa shape index (κ2) is 8.26. The van der Waals surface area contributed by atoms with Crippen LogP contribution in [0.15, 0.2) is 99.0 Å². The van der Waals surface area contributed by atoms with Crippen LogP contribution in [0.1, 0.15) is 10.4 Å². The minimum Gasteiger partial charge on any atom is -0.489 e. The van der Waals surface area contributed by atoms with E-state index in [1.807, 2.05) is 53.9 Å². The number of hydrogen-bond donors (Lipinski definition) is 2. The van der Waals surface area contributed by atoms with E-state index in [-0.39, 0.29) is 0 Å². The molecule has 30 heavy (non-hydrogen) atoms. The maximum Gasteiger partial charge on any atom is 0.141 e. The third-order valence-corrected chi connectivity index (χ3v) is 6.72. The van der Waals surface area contributed by atoms with E-state index < -0.39 is 0 Å². The van der Waals surface area contributed by atoms with Crippen LogP contribution in [-0.2, 0) is 6.61 Å². The first-order valence-electron chi connectivity index (χ1n) is 9.52. The number of nitrogens with one attached hydrogen (secondary N) is 1. The van der Waals surface area contributed by atoms with Crippen LogP contribution in [0.4, 0.5) is 17.1 Å². The average Bonchev–Trinajstić information content (AvgIpc) is 3.32. The fourth-order valence-electron chi connectivity index (χ4n) is 3.15. The lowest BCUT2D eigenvalue weighted by Crippen LogP contribution is -2.10. The number of amidine groups is 1. The number of benzene rings is 3. The van der Waals surface area contributed by atoms with Crippen molar-refractivity contribution < 1.29 is 4.74 Å². The molecule has 3 aromatic carbocycles. The Labute approximate surface area is 183 Å². The molecule has 6 heteroatoms. The predicted molar refractivity (Wildman–Crippen MR) is 126 cm³/mol. The van der Waals surface area contributed by atoms with Gasteiger partial charge in [-0.3, -0.25) is 0 Å². The average molecular weight is 430 g/mol. The number of rotatable bonds is 5. The van der Waals surface area contributed by atoms with Crippen molar-refractivity contribution >= 4 is 46.0 Å². The van der Waals surface area contributed by atoms with E-state index in [2.05, 4.69) is 40.6 Å². The second-order valence-electron chi connectivity index (χ2n) is 6.81. The molecule has 0 aliphatic carbocycles. The lowest BCUT2D eigenvalue weighted by atomic mass is 10.2. The first kappa shape index (κ1) is 18.8. The van der Waals surface area contributed by atoms with Crippen LogP contribution >= 0.6 is 23.1 Å². The molecular formula is C24H19N3OS2. The highest BCUT2D eigenvalue weighted by molar-refractivity contribution is 7.99. The van der Waals surface area contributed by atoms with Crippen molar-refractivity contribution in [2.75, 3.05) is 5.32 Å². The van der Waals surface area contributed by atoms with Crippen LogP contribution in [0.2, 0.25) is 0 Å². The summed E-state index contributed by atoms with van der Waals surface area (Å²) in [6, 6.07) is 26.4. The van der Waals surface area contributed by atoms with Gasteiger partial charge in [0.2, 0.25) is 0 Å². The molecule has 3 N–H and O–H groups in total. The van der Waals surface area contributed by atoms with E-state index in [1.54, 1.807) is 23.1 Å². The first-order valence-corrected chi connectivity index (χ1v) is 11.2. The van der Waals surface area contributed by atoms with Gasteiger partial charge in [-0.25, -0.2) is 4.99 Å². The third kappa shape index (κ3) is 4.06. The topological polar surface area (TPSA) is 59.6 Å². The van der Waals surface area contributed by atoms with E-state index in [9.17, 15) is 0 Å². The lowest BCUT2D eigenvalue weighted by Gasteiger charge is -2.21. The van der Waals surface area contributed by atoms with Gasteiger partial charge in [-0.2, -0.15) is 0 Å². The van der Waals surface area contributed by atoms with Crippen molar-refractivity contribution in [3.63, 3.8) is 0 Å². The van der Waals surface area contributed by atoms with Gasteiger partial charge >= 0.3 is 0 Å². The smallest absolute Gasteiger partial charge is 0.141 e. The van der Waals surface area contributed by atoms with Gasteiger partial charge in [0.15, 0.2) is 0 Å². The molecule has 0 spiro atoms. The molecular weight excluding hydrogens is 410 g/mol. The fraction of sp³-hybridized carbons (Fsp3) is 0.0417. The molecule has 0 amide bonds. The van der Waals surface area contributed by atoms with Crippen molar-refractivity contribution in [1.29, 1.82) is 0 Å². The van der Waals surface area contributed by atoms with Crippen molar-refractivity contribution in [2.24, 2.45) is 10.7 Å². The summed E-state index contributed by atoms with van der Waals surface area (Å²) < 4.78 is 6.03. The van der Waals surface area contributed by atoms with Crippen molar-refractivity contribution in [3.8, 4) is 5.75 Å². The minimum absolute atomic E-state index is 0.498. The Bertz CT molecular complexity index is 1200.